The second-order valence-corrected chi connectivity index (χ2v) is 9.01. The summed E-state index contributed by atoms with van der Waals surface area (Å²) < 4.78 is 12.0. The molecular weight excluding hydrogens is 438 g/mol. The molecule has 10 nitrogen and oxygen atoms in total. The van der Waals surface area contributed by atoms with Gasteiger partial charge < -0.3 is 25.0 Å². The van der Waals surface area contributed by atoms with Gasteiger partial charge in [-0.15, -0.1) is 0 Å². The fourth-order valence-corrected chi connectivity index (χ4v) is 3.79. The highest BCUT2D eigenvalue weighted by Gasteiger charge is 2.46. The number of amides is 3. The van der Waals surface area contributed by atoms with Crippen LogP contribution in [0.2, 0.25) is 0 Å². The molecule has 184 valence electrons. The molecule has 1 atom stereocenters. The number of rotatable bonds is 9. The highest BCUT2D eigenvalue weighted by molar-refractivity contribution is 6.01. The molecule has 1 aliphatic heterocycles. The molecule has 0 aliphatic carbocycles. The quantitative estimate of drug-likeness (QED) is 0.577. The van der Waals surface area contributed by atoms with Gasteiger partial charge in [0.25, 0.3) is 11.8 Å². The van der Waals surface area contributed by atoms with Crippen molar-refractivity contribution in [1.29, 1.82) is 0 Å². The molecule has 2 N–H and O–H groups in total. The lowest BCUT2D eigenvalue weighted by Gasteiger charge is -2.40. The van der Waals surface area contributed by atoms with Crippen molar-refractivity contribution in [3.63, 3.8) is 0 Å². The topological polar surface area (TPSA) is 115 Å². The molecule has 10 heteroatoms. The van der Waals surface area contributed by atoms with E-state index in [-0.39, 0.29) is 36.3 Å². The Bertz CT molecular complexity index is 1080. The number of aromatic nitrogens is 2. The van der Waals surface area contributed by atoms with Crippen molar-refractivity contribution in [2.24, 2.45) is 5.92 Å². The molecule has 1 aliphatic rings. The van der Waals surface area contributed by atoms with Crippen LogP contribution in [0.1, 0.15) is 53.7 Å². The van der Waals surface area contributed by atoms with Gasteiger partial charge in [0.2, 0.25) is 5.91 Å². The molecule has 0 bridgehead atoms. The summed E-state index contributed by atoms with van der Waals surface area (Å²) in [4.78, 5) is 40.2. The van der Waals surface area contributed by atoms with E-state index in [1.807, 2.05) is 0 Å². The number of ether oxygens (including phenoxy) is 2. The lowest BCUT2D eigenvalue weighted by molar-refractivity contribution is -0.132. The van der Waals surface area contributed by atoms with Gasteiger partial charge in [0.1, 0.15) is 22.7 Å². The lowest BCUT2D eigenvalue weighted by Crippen LogP contribution is -2.62. The van der Waals surface area contributed by atoms with Crippen LogP contribution < -0.4 is 20.1 Å². The van der Waals surface area contributed by atoms with Crippen LogP contribution in [-0.2, 0) is 17.9 Å². The molecule has 0 fully saturated rings. The van der Waals surface area contributed by atoms with Gasteiger partial charge in [-0.3, -0.25) is 19.1 Å². The van der Waals surface area contributed by atoms with E-state index in [0.29, 0.717) is 24.0 Å². The van der Waals surface area contributed by atoms with Crippen LogP contribution in [0.5, 0.6) is 11.5 Å². The number of nitrogens with one attached hydrogen (secondary N) is 2. The van der Waals surface area contributed by atoms with Crippen LogP contribution in [0.25, 0.3) is 0 Å². The zero-order valence-corrected chi connectivity index (χ0v) is 20.6. The zero-order valence-electron chi connectivity index (χ0n) is 20.6. The lowest BCUT2D eigenvalue weighted by atomic mass is 9.95. The van der Waals surface area contributed by atoms with E-state index in [1.54, 1.807) is 46.4 Å². The number of carbonyl (C=O) groups excluding carboxylic acids is 3. The molecule has 1 aromatic heterocycles. The highest BCUT2D eigenvalue weighted by Crippen LogP contribution is 2.27. The number of hydrogen-bond acceptors (Lipinski definition) is 6. The Morgan fingerprint density at radius 3 is 2.56 bits per heavy atom. The Labute approximate surface area is 199 Å². The molecular formula is C24H33N5O5. The van der Waals surface area contributed by atoms with Gasteiger partial charge in [-0.25, -0.2) is 0 Å². The maximum atomic E-state index is 13.0. The minimum absolute atomic E-state index is 0.100. The van der Waals surface area contributed by atoms with Crippen molar-refractivity contribution in [3.8, 4) is 11.5 Å². The first-order valence-electron chi connectivity index (χ1n) is 11.2. The molecule has 0 spiro atoms. The largest absolute Gasteiger partial charge is 0.497 e. The average molecular weight is 472 g/mol. The van der Waals surface area contributed by atoms with Gasteiger partial charge in [-0.2, -0.15) is 5.10 Å². The van der Waals surface area contributed by atoms with E-state index in [0.717, 1.165) is 12.0 Å². The number of fused-ring (bicyclic) bond motifs is 1. The summed E-state index contributed by atoms with van der Waals surface area (Å²) in [6.07, 6.45) is 0.842. The summed E-state index contributed by atoms with van der Waals surface area (Å²) in [6, 6.07) is 6.76. The summed E-state index contributed by atoms with van der Waals surface area (Å²) in [5, 5.41) is 10.1. The number of benzene rings is 1. The SMILES string of the molecule is COc1ccc(OC)c(CNC(=O)c2cc3n(n2)CC(C)(C(=O)NCCC(C)C)N(C)C3=O)c1. The predicted octanol–water partition coefficient (Wildman–Crippen LogP) is 1.84. The van der Waals surface area contributed by atoms with Gasteiger partial charge in [0.15, 0.2) is 5.69 Å². The van der Waals surface area contributed by atoms with Crippen LogP contribution in [-0.4, -0.2) is 65.8 Å². The van der Waals surface area contributed by atoms with Gasteiger partial charge in [-0.1, -0.05) is 13.8 Å². The predicted molar refractivity (Wildman–Crippen MR) is 126 cm³/mol. The number of carbonyl (C=O) groups is 3. The Morgan fingerprint density at radius 2 is 1.91 bits per heavy atom. The van der Waals surface area contributed by atoms with Crippen LogP contribution >= 0.6 is 0 Å². The molecule has 3 rings (SSSR count). The van der Waals surface area contributed by atoms with Crippen molar-refractivity contribution in [2.45, 2.75) is 45.8 Å². The van der Waals surface area contributed by atoms with E-state index in [9.17, 15) is 14.4 Å². The third kappa shape index (κ3) is 5.00. The van der Waals surface area contributed by atoms with Crippen molar-refractivity contribution < 1.29 is 23.9 Å². The van der Waals surface area contributed by atoms with Gasteiger partial charge in [0, 0.05) is 31.8 Å². The molecule has 34 heavy (non-hydrogen) atoms. The number of likely N-dealkylation sites (N-methyl/N-ethyl adjacent to an activating group) is 1. The van der Waals surface area contributed by atoms with Crippen LogP contribution in [0.3, 0.4) is 0 Å². The summed E-state index contributed by atoms with van der Waals surface area (Å²) in [5.41, 5.74) is -0.0165. The van der Waals surface area contributed by atoms with Crippen LogP contribution in [0.4, 0.5) is 0 Å². The van der Waals surface area contributed by atoms with Gasteiger partial charge in [0.05, 0.1) is 20.8 Å². The Kier molecular flexibility index (Phi) is 7.48. The Hall–Kier alpha value is -3.56. The van der Waals surface area contributed by atoms with E-state index >= 15 is 0 Å². The van der Waals surface area contributed by atoms with E-state index < -0.39 is 11.4 Å². The third-order valence-corrected chi connectivity index (χ3v) is 6.16. The minimum atomic E-state index is -1.12. The maximum absolute atomic E-state index is 13.0. The monoisotopic (exact) mass is 471 g/mol. The first-order chi connectivity index (χ1) is 16.1. The van der Waals surface area contributed by atoms with Gasteiger partial charge >= 0.3 is 0 Å². The average Bonchev–Trinajstić information content (AvgIpc) is 3.24. The van der Waals surface area contributed by atoms with Crippen LogP contribution in [0.15, 0.2) is 24.3 Å². The first kappa shape index (κ1) is 25.1. The number of methoxy groups -OCH3 is 2. The smallest absolute Gasteiger partial charge is 0.272 e. The number of nitrogens with zero attached hydrogens (tertiary/aromatic N) is 3. The Morgan fingerprint density at radius 1 is 1.18 bits per heavy atom. The molecule has 1 unspecified atom stereocenters. The van der Waals surface area contributed by atoms with E-state index in [4.69, 9.17) is 9.47 Å². The summed E-state index contributed by atoms with van der Waals surface area (Å²) in [6.45, 7) is 6.73. The van der Waals surface area contributed by atoms with E-state index in [1.165, 1.54) is 15.6 Å². The van der Waals surface area contributed by atoms with Gasteiger partial charge in [-0.05, 0) is 37.5 Å². The molecule has 0 radical (unpaired) electrons. The fraction of sp³-hybridized carbons (Fsp3) is 0.500. The Balaban J connectivity index is 1.75. The van der Waals surface area contributed by atoms with Crippen LogP contribution in [0, 0.1) is 5.92 Å². The first-order valence-corrected chi connectivity index (χ1v) is 11.2. The summed E-state index contributed by atoms with van der Waals surface area (Å²) in [7, 11) is 4.70. The molecule has 2 aromatic rings. The standard InChI is InChI=1S/C24H33N5O5/c1-15(2)9-10-25-23(32)24(3)14-29-19(22(31)28(24)4)12-18(27-29)21(30)26-13-16-11-17(33-5)7-8-20(16)34-6/h7-8,11-12,15H,9-10,13-14H2,1-6H3,(H,25,32)(H,26,30). The molecule has 0 saturated heterocycles. The highest BCUT2D eigenvalue weighted by atomic mass is 16.5. The summed E-state index contributed by atoms with van der Waals surface area (Å²) >= 11 is 0. The van der Waals surface area contributed by atoms with Crippen molar-refractivity contribution in [3.05, 3.63) is 41.2 Å². The molecule has 2 heterocycles. The minimum Gasteiger partial charge on any atom is -0.497 e. The fourth-order valence-electron chi connectivity index (χ4n) is 3.79. The zero-order chi connectivity index (χ0) is 25.0. The van der Waals surface area contributed by atoms with Crippen molar-refractivity contribution in [2.75, 3.05) is 27.8 Å². The second kappa shape index (κ2) is 10.1. The molecule has 1 aromatic carbocycles. The van der Waals surface area contributed by atoms with Crippen molar-refractivity contribution >= 4 is 17.7 Å². The molecule has 0 saturated carbocycles. The normalized spacial score (nSPS) is 17.4. The number of hydrogen-bond donors (Lipinski definition) is 2. The maximum Gasteiger partial charge on any atom is 0.272 e. The second-order valence-electron chi connectivity index (χ2n) is 9.01. The van der Waals surface area contributed by atoms with Crippen molar-refractivity contribution in [1.82, 2.24) is 25.3 Å². The summed E-state index contributed by atoms with van der Waals surface area (Å²) in [5.74, 6) is 0.651. The third-order valence-electron chi connectivity index (χ3n) is 6.16. The molecule has 3 amide bonds. The van der Waals surface area contributed by atoms with E-state index in [2.05, 4.69) is 29.6 Å².